The topological polar surface area (TPSA) is 50.5 Å². The molecule has 4 heteroatoms. The SMILES string of the molecule is COCC(C)(CN)NCCN(C)C. The third-order valence-electron chi connectivity index (χ3n) is 2.02. The molecule has 0 aliphatic rings. The van der Waals surface area contributed by atoms with E-state index in [9.17, 15) is 0 Å². The van der Waals surface area contributed by atoms with E-state index in [2.05, 4.69) is 31.2 Å². The average Bonchev–Trinajstić information content (AvgIpc) is 2.04. The van der Waals surface area contributed by atoms with Gasteiger partial charge in [-0.15, -0.1) is 0 Å². The molecule has 4 nitrogen and oxygen atoms in total. The van der Waals surface area contributed by atoms with Crippen LogP contribution in [0.3, 0.4) is 0 Å². The van der Waals surface area contributed by atoms with Gasteiger partial charge >= 0.3 is 0 Å². The summed E-state index contributed by atoms with van der Waals surface area (Å²) in [7, 11) is 5.80. The summed E-state index contributed by atoms with van der Waals surface area (Å²) in [6.45, 7) is 5.26. The molecule has 0 spiro atoms. The molecule has 0 fully saturated rings. The van der Waals surface area contributed by atoms with E-state index in [1.165, 1.54) is 0 Å². The minimum Gasteiger partial charge on any atom is -0.383 e. The summed E-state index contributed by atoms with van der Waals surface area (Å²) in [4.78, 5) is 2.14. The molecule has 3 N–H and O–H groups in total. The number of nitrogens with zero attached hydrogens (tertiary/aromatic N) is 1. The van der Waals surface area contributed by atoms with Crippen molar-refractivity contribution in [3.8, 4) is 0 Å². The molecule has 1 unspecified atom stereocenters. The van der Waals surface area contributed by atoms with E-state index < -0.39 is 0 Å². The lowest BCUT2D eigenvalue weighted by Crippen LogP contribution is -2.53. The maximum Gasteiger partial charge on any atom is 0.0654 e. The van der Waals surface area contributed by atoms with Gasteiger partial charge in [0.25, 0.3) is 0 Å². The summed E-state index contributed by atoms with van der Waals surface area (Å²) >= 11 is 0. The zero-order valence-electron chi connectivity index (χ0n) is 9.26. The van der Waals surface area contributed by atoms with Crippen LogP contribution in [0.1, 0.15) is 6.92 Å². The van der Waals surface area contributed by atoms with Crippen LogP contribution in [0, 0.1) is 0 Å². The second kappa shape index (κ2) is 6.32. The first-order chi connectivity index (χ1) is 6.04. The Morgan fingerprint density at radius 1 is 1.46 bits per heavy atom. The average molecular weight is 189 g/mol. The number of methoxy groups -OCH3 is 1. The van der Waals surface area contributed by atoms with Crippen LogP contribution in [0.5, 0.6) is 0 Å². The Hall–Kier alpha value is -0.160. The van der Waals surface area contributed by atoms with Crippen LogP contribution in [-0.2, 0) is 4.74 Å². The van der Waals surface area contributed by atoms with Crippen molar-refractivity contribution in [2.75, 3.05) is 47.4 Å². The molecule has 0 aromatic heterocycles. The molecule has 0 aliphatic carbocycles. The summed E-state index contributed by atoms with van der Waals surface area (Å²) in [6.07, 6.45) is 0. The van der Waals surface area contributed by atoms with Crippen molar-refractivity contribution in [3.63, 3.8) is 0 Å². The molecule has 0 saturated carbocycles. The molecule has 13 heavy (non-hydrogen) atoms. The highest BCUT2D eigenvalue weighted by Crippen LogP contribution is 2.00. The molecule has 0 heterocycles. The summed E-state index contributed by atoms with van der Waals surface area (Å²) in [5.41, 5.74) is 5.56. The number of nitrogens with two attached hydrogens (primary N) is 1. The summed E-state index contributed by atoms with van der Waals surface area (Å²) in [5.74, 6) is 0. The van der Waals surface area contributed by atoms with Crippen molar-refractivity contribution < 1.29 is 4.74 Å². The highest BCUT2D eigenvalue weighted by Gasteiger charge is 2.20. The first-order valence-corrected chi connectivity index (χ1v) is 4.63. The quantitative estimate of drug-likeness (QED) is 0.567. The van der Waals surface area contributed by atoms with Gasteiger partial charge in [-0.05, 0) is 21.0 Å². The Bertz CT molecular complexity index is 130. The van der Waals surface area contributed by atoms with E-state index in [0.29, 0.717) is 13.2 Å². The second-order valence-corrected chi connectivity index (χ2v) is 3.93. The van der Waals surface area contributed by atoms with Crippen LogP contribution in [0.4, 0.5) is 0 Å². The molecular formula is C9H23N3O. The Balaban J connectivity index is 3.69. The van der Waals surface area contributed by atoms with Crippen LogP contribution < -0.4 is 11.1 Å². The van der Waals surface area contributed by atoms with E-state index in [1.54, 1.807) is 7.11 Å². The van der Waals surface area contributed by atoms with Crippen molar-refractivity contribution in [3.05, 3.63) is 0 Å². The van der Waals surface area contributed by atoms with Gasteiger partial charge in [0.15, 0.2) is 0 Å². The molecule has 0 saturated heterocycles. The van der Waals surface area contributed by atoms with Gasteiger partial charge in [-0.3, -0.25) is 0 Å². The second-order valence-electron chi connectivity index (χ2n) is 3.93. The third-order valence-corrected chi connectivity index (χ3v) is 2.02. The molecule has 0 aromatic rings. The standard InChI is InChI=1S/C9H23N3O/c1-9(7-10,8-13-4)11-5-6-12(2)3/h11H,5-8,10H2,1-4H3. The van der Waals surface area contributed by atoms with E-state index in [0.717, 1.165) is 13.1 Å². The number of nitrogens with one attached hydrogen (secondary N) is 1. The normalized spacial score (nSPS) is 16.2. The maximum absolute atomic E-state index is 5.65. The number of ether oxygens (including phenoxy) is 1. The predicted molar refractivity (Wildman–Crippen MR) is 55.9 cm³/mol. The maximum atomic E-state index is 5.65. The van der Waals surface area contributed by atoms with Gasteiger partial charge in [0, 0.05) is 26.7 Å². The van der Waals surface area contributed by atoms with Gasteiger partial charge in [0.1, 0.15) is 0 Å². The highest BCUT2D eigenvalue weighted by atomic mass is 16.5. The molecule has 0 aromatic carbocycles. The monoisotopic (exact) mass is 189 g/mol. The van der Waals surface area contributed by atoms with Gasteiger partial charge < -0.3 is 20.7 Å². The smallest absolute Gasteiger partial charge is 0.0654 e. The first kappa shape index (κ1) is 12.8. The molecule has 0 rings (SSSR count). The minimum absolute atomic E-state index is 0.0925. The summed E-state index contributed by atoms with van der Waals surface area (Å²) in [6, 6.07) is 0. The summed E-state index contributed by atoms with van der Waals surface area (Å²) in [5, 5.41) is 3.39. The minimum atomic E-state index is -0.0925. The Kier molecular flexibility index (Phi) is 6.24. The van der Waals surface area contributed by atoms with E-state index >= 15 is 0 Å². The number of likely N-dealkylation sites (N-methyl/N-ethyl adjacent to an activating group) is 1. The van der Waals surface area contributed by atoms with E-state index in [4.69, 9.17) is 10.5 Å². The van der Waals surface area contributed by atoms with Crippen LogP contribution in [0.2, 0.25) is 0 Å². The Labute approximate surface area is 81.4 Å². The Morgan fingerprint density at radius 2 is 2.08 bits per heavy atom. The fourth-order valence-corrected chi connectivity index (χ4v) is 1.08. The lowest BCUT2D eigenvalue weighted by Gasteiger charge is -2.29. The van der Waals surface area contributed by atoms with Crippen LogP contribution in [0.15, 0.2) is 0 Å². The van der Waals surface area contributed by atoms with Crippen LogP contribution in [0.25, 0.3) is 0 Å². The van der Waals surface area contributed by atoms with Gasteiger partial charge in [0.2, 0.25) is 0 Å². The van der Waals surface area contributed by atoms with Gasteiger partial charge in [0.05, 0.1) is 12.1 Å². The van der Waals surface area contributed by atoms with Crippen LogP contribution >= 0.6 is 0 Å². The van der Waals surface area contributed by atoms with Crippen molar-refractivity contribution in [2.24, 2.45) is 5.73 Å². The van der Waals surface area contributed by atoms with Crippen molar-refractivity contribution in [2.45, 2.75) is 12.5 Å². The molecule has 80 valence electrons. The lowest BCUT2D eigenvalue weighted by molar-refractivity contribution is 0.121. The van der Waals surface area contributed by atoms with Gasteiger partial charge in [-0.2, -0.15) is 0 Å². The Morgan fingerprint density at radius 3 is 2.46 bits per heavy atom. The number of hydrogen-bond acceptors (Lipinski definition) is 4. The predicted octanol–water partition coefficient (Wildman–Crippen LogP) is -0.499. The number of hydrogen-bond donors (Lipinski definition) is 2. The zero-order chi connectivity index (χ0) is 10.3. The molecule has 1 atom stereocenters. The lowest BCUT2D eigenvalue weighted by atomic mass is 10.0. The molecule has 0 amide bonds. The first-order valence-electron chi connectivity index (χ1n) is 4.63. The van der Waals surface area contributed by atoms with Gasteiger partial charge in [-0.25, -0.2) is 0 Å². The molecule has 0 aliphatic heterocycles. The van der Waals surface area contributed by atoms with Crippen molar-refractivity contribution in [1.82, 2.24) is 10.2 Å². The summed E-state index contributed by atoms with van der Waals surface area (Å²) < 4.78 is 5.10. The van der Waals surface area contributed by atoms with E-state index in [1.807, 2.05) is 0 Å². The molecular weight excluding hydrogens is 166 g/mol. The van der Waals surface area contributed by atoms with E-state index in [-0.39, 0.29) is 5.54 Å². The molecule has 0 bridgehead atoms. The highest BCUT2D eigenvalue weighted by molar-refractivity contribution is 4.83. The van der Waals surface area contributed by atoms with Crippen LogP contribution in [-0.4, -0.2) is 57.9 Å². The fraction of sp³-hybridized carbons (Fsp3) is 1.00. The number of rotatable bonds is 7. The van der Waals surface area contributed by atoms with Crippen molar-refractivity contribution in [1.29, 1.82) is 0 Å². The fourth-order valence-electron chi connectivity index (χ4n) is 1.08. The third kappa shape index (κ3) is 5.99. The largest absolute Gasteiger partial charge is 0.383 e. The zero-order valence-corrected chi connectivity index (χ0v) is 9.26. The molecule has 0 radical (unpaired) electrons. The van der Waals surface area contributed by atoms with Gasteiger partial charge in [-0.1, -0.05) is 0 Å². The van der Waals surface area contributed by atoms with Crippen molar-refractivity contribution >= 4 is 0 Å².